The zero-order chi connectivity index (χ0) is 26.9. The molecule has 38 heavy (non-hydrogen) atoms. The molecule has 0 saturated heterocycles. The number of fused-ring (bicyclic) bond motifs is 1. The molecular formula is C32H31N3O3. The first kappa shape index (κ1) is 26.3. The summed E-state index contributed by atoms with van der Waals surface area (Å²) >= 11 is 0. The summed E-state index contributed by atoms with van der Waals surface area (Å²) in [7, 11) is 1.57. The topological polar surface area (TPSA) is 87.1 Å². The Kier molecular flexibility index (Phi) is 8.63. The molecule has 1 amide bonds. The molecule has 0 bridgehead atoms. The summed E-state index contributed by atoms with van der Waals surface area (Å²) in [6, 6.07) is 21.9. The lowest BCUT2D eigenvalue weighted by atomic mass is 10.0. The number of amides is 1. The molecule has 0 radical (unpaired) electrons. The number of ether oxygens (including phenoxy) is 2. The maximum Gasteiger partial charge on any atom is 0.261 e. The monoisotopic (exact) mass is 505 g/mol. The number of aromatic amines is 1. The van der Waals surface area contributed by atoms with Crippen molar-refractivity contribution in [2.75, 3.05) is 13.7 Å². The highest BCUT2D eigenvalue weighted by molar-refractivity contribution is 6.01. The number of rotatable bonds is 11. The molecule has 192 valence electrons. The van der Waals surface area contributed by atoms with Crippen LogP contribution in [-0.2, 0) is 24.2 Å². The summed E-state index contributed by atoms with van der Waals surface area (Å²) in [5.41, 5.74) is 5.95. The molecule has 6 heteroatoms. The molecule has 6 nitrogen and oxygen atoms in total. The van der Waals surface area contributed by atoms with Crippen LogP contribution in [0.2, 0.25) is 0 Å². The van der Waals surface area contributed by atoms with E-state index in [2.05, 4.69) is 16.9 Å². The number of carbonyl (C=O) groups is 1. The fourth-order valence-corrected chi connectivity index (χ4v) is 4.29. The van der Waals surface area contributed by atoms with Gasteiger partial charge in [-0.2, -0.15) is 5.26 Å². The Balaban J connectivity index is 1.49. The third kappa shape index (κ3) is 6.32. The van der Waals surface area contributed by atoms with E-state index in [0.29, 0.717) is 43.1 Å². The second-order valence-corrected chi connectivity index (χ2v) is 9.01. The van der Waals surface area contributed by atoms with Crippen LogP contribution in [0.25, 0.3) is 17.0 Å². The zero-order valence-electron chi connectivity index (χ0n) is 21.7. The molecule has 0 aliphatic carbocycles. The number of nitrogens with zero attached hydrogens (tertiary/aromatic N) is 1. The summed E-state index contributed by atoms with van der Waals surface area (Å²) in [4.78, 5) is 16.0. The number of hydrogen-bond acceptors (Lipinski definition) is 4. The summed E-state index contributed by atoms with van der Waals surface area (Å²) < 4.78 is 11.8. The van der Waals surface area contributed by atoms with Gasteiger partial charge in [-0.1, -0.05) is 54.1 Å². The second-order valence-electron chi connectivity index (χ2n) is 9.01. The van der Waals surface area contributed by atoms with E-state index >= 15 is 0 Å². The number of carbonyl (C=O) groups excluding carboxylic acids is 1. The van der Waals surface area contributed by atoms with Crippen LogP contribution in [0, 0.1) is 18.3 Å². The number of methoxy groups -OCH3 is 1. The number of H-pyrrole nitrogens is 1. The average molecular weight is 506 g/mol. The van der Waals surface area contributed by atoms with Crippen LogP contribution in [0.3, 0.4) is 0 Å². The van der Waals surface area contributed by atoms with Gasteiger partial charge >= 0.3 is 0 Å². The van der Waals surface area contributed by atoms with Crippen molar-refractivity contribution in [3.8, 4) is 17.6 Å². The molecule has 0 atom stereocenters. The van der Waals surface area contributed by atoms with Crippen molar-refractivity contribution >= 4 is 22.9 Å². The zero-order valence-corrected chi connectivity index (χ0v) is 21.7. The van der Waals surface area contributed by atoms with Crippen LogP contribution >= 0.6 is 0 Å². The quantitative estimate of drug-likeness (QED) is 0.147. The van der Waals surface area contributed by atoms with Crippen molar-refractivity contribution < 1.29 is 14.3 Å². The molecule has 4 rings (SSSR count). The number of allylic oxidation sites excluding steroid dienone is 1. The second kappa shape index (κ2) is 12.5. The molecule has 0 unspecified atom stereocenters. The van der Waals surface area contributed by atoms with E-state index in [1.165, 1.54) is 5.56 Å². The summed E-state index contributed by atoms with van der Waals surface area (Å²) in [6.45, 7) is 6.70. The van der Waals surface area contributed by atoms with Crippen LogP contribution < -0.4 is 14.8 Å². The van der Waals surface area contributed by atoms with Gasteiger partial charge in [-0.15, -0.1) is 6.58 Å². The van der Waals surface area contributed by atoms with E-state index in [-0.39, 0.29) is 5.57 Å². The van der Waals surface area contributed by atoms with Gasteiger partial charge in [0.25, 0.3) is 5.91 Å². The third-order valence-electron chi connectivity index (χ3n) is 6.27. The molecule has 1 aromatic heterocycles. The Morgan fingerprint density at radius 2 is 1.92 bits per heavy atom. The van der Waals surface area contributed by atoms with E-state index < -0.39 is 5.91 Å². The van der Waals surface area contributed by atoms with Crippen LogP contribution in [0.15, 0.2) is 85.1 Å². The van der Waals surface area contributed by atoms with Gasteiger partial charge in [-0.25, -0.2) is 0 Å². The molecule has 0 spiro atoms. The van der Waals surface area contributed by atoms with Crippen LogP contribution in [0.5, 0.6) is 11.5 Å². The highest BCUT2D eigenvalue weighted by Gasteiger charge is 2.15. The van der Waals surface area contributed by atoms with Crippen molar-refractivity contribution in [1.29, 1.82) is 5.26 Å². The summed E-state index contributed by atoms with van der Waals surface area (Å²) in [6.07, 6.45) is 6.50. The van der Waals surface area contributed by atoms with Gasteiger partial charge in [0, 0.05) is 29.2 Å². The lowest BCUT2D eigenvalue weighted by Gasteiger charge is -2.16. The number of benzene rings is 3. The van der Waals surface area contributed by atoms with Gasteiger partial charge in [0.2, 0.25) is 0 Å². The predicted molar refractivity (Wildman–Crippen MR) is 151 cm³/mol. The number of aromatic nitrogens is 1. The predicted octanol–water partition coefficient (Wildman–Crippen LogP) is 6.06. The van der Waals surface area contributed by atoms with E-state index in [9.17, 15) is 10.1 Å². The Morgan fingerprint density at radius 3 is 2.66 bits per heavy atom. The number of aryl methyl sites for hydroxylation is 1. The van der Waals surface area contributed by atoms with Gasteiger partial charge in [-0.3, -0.25) is 4.79 Å². The number of nitrogens with one attached hydrogen (secondary N) is 2. The maximum atomic E-state index is 12.8. The molecule has 0 fully saturated rings. The van der Waals surface area contributed by atoms with Crippen molar-refractivity contribution in [2.24, 2.45) is 0 Å². The highest BCUT2D eigenvalue weighted by Crippen LogP contribution is 2.35. The fraction of sp³-hybridized carbons (Fsp3) is 0.188. The van der Waals surface area contributed by atoms with E-state index in [0.717, 1.165) is 27.6 Å². The first-order valence-corrected chi connectivity index (χ1v) is 12.5. The Hall–Kier alpha value is -4.76. The molecule has 3 aromatic carbocycles. The molecule has 4 aromatic rings. The molecule has 1 heterocycles. The summed E-state index contributed by atoms with van der Waals surface area (Å²) in [5.74, 6) is 0.725. The van der Waals surface area contributed by atoms with Gasteiger partial charge in [0.15, 0.2) is 11.5 Å². The smallest absolute Gasteiger partial charge is 0.261 e. The minimum absolute atomic E-state index is 0.0175. The standard InChI is InChI=1S/C32H31N3O3/c1-4-7-25-16-24(18-30(37-3)31(25)38-21-23-12-10-22(2)11-13-23)17-27(19-33)32(36)34-15-14-26-20-35-29-9-6-5-8-28(26)29/h4-6,8-13,16-18,20,35H,1,7,14-15,21H2,2-3H3,(H,34,36)/b27-17-. The van der Waals surface area contributed by atoms with Gasteiger partial charge in [0.1, 0.15) is 18.2 Å². The maximum absolute atomic E-state index is 12.8. The average Bonchev–Trinajstić information content (AvgIpc) is 3.35. The first-order chi connectivity index (χ1) is 18.5. The Labute approximate surface area is 223 Å². The van der Waals surface area contributed by atoms with E-state index in [1.807, 2.05) is 73.8 Å². The van der Waals surface area contributed by atoms with Crippen molar-refractivity contribution in [2.45, 2.75) is 26.4 Å². The van der Waals surface area contributed by atoms with Gasteiger partial charge in [-0.05, 0) is 60.7 Å². The molecule has 0 aliphatic rings. The van der Waals surface area contributed by atoms with E-state index in [4.69, 9.17) is 9.47 Å². The molecule has 0 aliphatic heterocycles. The minimum Gasteiger partial charge on any atom is -0.493 e. The lowest BCUT2D eigenvalue weighted by molar-refractivity contribution is -0.117. The lowest BCUT2D eigenvalue weighted by Crippen LogP contribution is -2.26. The molecular weight excluding hydrogens is 474 g/mol. The highest BCUT2D eigenvalue weighted by atomic mass is 16.5. The van der Waals surface area contributed by atoms with Crippen LogP contribution in [0.4, 0.5) is 0 Å². The number of nitriles is 1. The van der Waals surface area contributed by atoms with E-state index in [1.54, 1.807) is 25.3 Å². The fourth-order valence-electron chi connectivity index (χ4n) is 4.29. The third-order valence-corrected chi connectivity index (χ3v) is 6.27. The molecule has 2 N–H and O–H groups in total. The first-order valence-electron chi connectivity index (χ1n) is 12.5. The van der Waals surface area contributed by atoms with Crippen molar-refractivity contribution in [1.82, 2.24) is 10.3 Å². The summed E-state index contributed by atoms with van der Waals surface area (Å²) in [5, 5.41) is 13.7. The minimum atomic E-state index is -0.420. The normalized spacial score (nSPS) is 11.1. The van der Waals surface area contributed by atoms with Gasteiger partial charge < -0.3 is 19.8 Å². The molecule has 0 saturated carbocycles. The largest absolute Gasteiger partial charge is 0.493 e. The van der Waals surface area contributed by atoms with Crippen LogP contribution in [-0.4, -0.2) is 24.5 Å². The Morgan fingerprint density at radius 1 is 1.13 bits per heavy atom. The number of para-hydroxylation sites is 1. The van der Waals surface area contributed by atoms with Crippen molar-refractivity contribution in [3.63, 3.8) is 0 Å². The Bertz CT molecular complexity index is 1510. The van der Waals surface area contributed by atoms with Crippen LogP contribution in [0.1, 0.15) is 27.8 Å². The SMILES string of the molecule is C=CCc1cc(/C=C(/C#N)C(=O)NCCc2c[nH]c3ccccc23)cc(OC)c1OCc1ccc(C)cc1. The van der Waals surface area contributed by atoms with Crippen molar-refractivity contribution in [3.05, 3.63) is 113 Å². The number of hydrogen-bond donors (Lipinski definition) is 2. The van der Waals surface area contributed by atoms with Gasteiger partial charge in [0.05, 0.1) is 7.11 Å².